The molecule has 7 aromatic carbocycles. The summed E-state index contributed by atoms with van der Waals surface area (Å²) in [4.78, 5) is 9.93. The van der Waals surface area contributed by atoms with Crippen LogP contribution < -0.4 is 4.40 Å². The van der Waals surface area contributed by atoms with E-state index in [9.17, 15) is 0 Å². The van der Waals surface area contributed by atoms with Crippen LogP contribution >= 0.6 is 0 Å². The summed E-state index contributed by atoms with van der Waals surface area (Å²) in [6, 6.07) is 58.1. The minimum Gasteiger partial charge on any atom is 0 e. The minimum absolute atomic E-state index is 0. The van der Waals surface area contributed by atoms with E-state index in [1.165, 1.54) is 48.7 Å². The van der Waals surface area contributed by atoms with Crippen molar-refractivity contribution in [1.82, 2.24) is 14.5 Å². The average Bonchev–Trinajstić information content (AvgIpc) is 3.84. The van der Waals surface area contributed by atoms with Gasteiger partial charge in [0.15, 0.2) is 0 Å². The molecule has 311 valence electrons. The topological polar surface area (TPSA) is 43.9 Å². The van der Waals surface area contributed by atoms with E-state index in [2.05, 4.69) is 213 Å². The van der Waals surface area contributed by atoms with Gasteiger partial charge >= 0.3 is 123 Å². The summed E-state index contributed by atoms with van der Waals surface area (Å²) >= 11 is -1.78. The zero-order valence-electron chi connectivity index (χ0n) is 36.7. The minimum atomic E-state index is -1.78. The van der Waals surface area contributed by atoms with Crippen LogP contribution in [0.1, 0.15) is 56.2 Å². The first kappa shape index (κ1) is 43.1. The third kappa shape index (κ3) is 8.22. The molecule has 0 fully saturated rings. The number of hydrogen-bond donors (Lipinski definition) is 0. The molecule has 4 nitrogen and oxygen atoms in total. The third-order valence-corrected chi connectivity index (χ3v) is 16.0. The number of furan rings is 1. The van der Waals surface area contributed by atoms with Gasteiger partial charge in [-0.15, -0.1) is 18.2 Å². The van der Waals surface area contributed by atoms with Crippen LogP contribution in [0, 0.1) is 19.1 Å². The molecule has 62 heavy (non-hydrogen) atoms. The molecule has 3 aromatic heterocycles. The molecule has 0 spiro atoms. The van der Waals surface area contributed by atoms with E-state index in [4.69, 9.17) is 9.40 Å². The van der Waals surface area contributed by atoms with Gasteiger partial charge in [0.25, 0.3) is 0 Å². The Morgan fingerprint density at radius 3 is 2.02 bits per heavy atom. The van der Waals surface area contributed by atoms with E-state index in [0.29, 0.717) is 11.8 Å². The molecule has 0 saturated heterocycles. The summed E-state index contributed by atoms with van der Waals surface area (Å²) in [5.74, 6) is 8.62. The molecule has 1 radical (unpaired) electrons. The number of pyridine rings is 1. The molecule has 0 N–H and O–H groups in total. The second kappa shape index (κ2) is 17.6. The van der Waals surface area contributed by atoms with Crippen LogP contribution in [0.5, 0.6) is 0 Å². The van der Waals surface area contributed by atoms with Crippen LogP contribution in [0.3, 0.4) is 0 Å². The van der Waals surface area contributed by atoms with Crippen molar-refractivity contribution in [1.29, 1.82) is 0 Å². The van der Waals surface area contributed by atoms with E-state index in [0.717, 1.165) is 55.6 Å². The fraction of sp³-hybridized carbons (Fsp3) is 0.179. The van der Waals surface area contributed by atoms with Gasteiger partial charge in [0.2, 0.25) is 0 Å². The van der Waals surface area contributed by atoms with E-state index < -0.39 is 13.3 Å². The summed E-state index contributed by atoms with van der Waals surface area (Å²) in [5.41, 5.74) is 14.2. The molecule has 0 unspecified atom stereocenters. The van der Waals surface area contributed by atoms with Gasteiger partial charge in [-0.05, 0) is 76.9 Å². The summed E-state index contributed by atoms with van der Waals surface area (Å²) in [5, 5.41) is 4.65. The van der Waals surface area contributed by atoms with Crippen LogP contribution in [0.25, 0.3) is 83.2 Å². The molecule has 3 heterocycles. The van der Waals surface area contributed by atoms with Crippen molar-refractivity contribution in [2.75, 3.05) is 0 Å². The van der Waals surface area contributed by atoms with Crippen LogP contribution in [0.15, 0.2) is 156 Å². The molecule has 0 saturated carbocycles. The van der Waals surface area contributed by atoms with Crippen molar-refractivity contribution in [3.63, 3.8) is 0 Å². The maximum absolute atomic E-state index is 6.55. The smallest absolute Gasteiger partial charge is 0 e. The standard InChI is InChI=1S/C38H33N2O.C18H18GeN.Ir/c1-23(2)31-21-27(26-12-7-6-8-13-26)22-32(24(3)4)36(31)40-34-17-10-9-16-33(34)39-38(40)30-15-11-14-29-28-19-18-25(5)20-35(28)41-37(29)30;1-19(2,3)15-11-12-18(20-13-15)17-10-6-8-14-7-4-5-9-16(14)17;/h6-14,16-24H,1-5H3;4-9,11-13H,1-3H3;/q2*-1;. The molecule has 0 atom stereocenters. The zero-order chi connectivity index (χ0) is 42.4. The first-order valence-electron chi connectivity index (χ1n) is 21.4. The van der Waals surface area contributed by atoms with Gasteiger partial charge in [-0.1, -0.05) is 93.2 Å². The molecule has 0 amide bonds. The molecule has 0 aliphatic rings. The average molecular weight is 1050 g/mol. The van der Waals surface area contributed by atoms with Crippen molar-refractivity contribution in [3.8, 4) is 39.5 Å². The molecule has 10 aromatic rings. The number of nitrogens with zero attached hydrogens (tertiary/aromatic N) is 3. The van der Waals surface area contributed by atoms with Crippen LogP contribution in [-0.2, 0) is 20.1 Å². The van der Waals surface area contributed by atoms with Crippen LogP contribution in [0.4, 0.5) is 0 Å². The SMILES string of the molecule is Cc1ccc2c(c1)oc1c(-c3nc4ccccc4n3-c3c(C(C)C)cc(-c4ccccc4)cc3C(C)C)[c-]ccc12.[CH3][Ge]([CH3])([CH3])[c]1ccc(-c2[c-]ccc3ccccc23)nc1.[Ir]. The third-order valence-electron chi connectivity index (χ3n) is 11.7. The Balaban J connectivity index is 0.000000212. The molecular weight excluding hydrogens is 995 g/mol. The van der Waals surface area contributed by atoms with Crippen LogP contribution in [-0.4, -0.2) is 27.8 Å². The monoisotopic (exact) mass is 1050 g/mol. The van der Waals surface area contributed by atoms with Crippen LogP contribution in [0.2, 0.25) is 17.3 Å². The number of fused-ring (bicyclic) bond motifs is 5. The number of benzene rings is 7. The van der Waals surface area contributed by atoms with Gasteiger partial charge in [0.1, 0.15) is 5.58 Å². The molecule has 0 aliphatic carbocycles. The Kier molecular flexibility index (Phi) is 12.3. The van der Waals surface area contributed by atoms with Crippen molar-refractivity contribution in [3.05, 3.63) is 181 Å². The van der Waals surface area contributed by atoms with Gasteiger partial charge in [0.05, 0.1) is 22.4 Å². The van der Waals surface area contributed by atoms with Gasteiger partial charge in [-0.2, -0.15) is 0 Å². The maximum atomic E-state index is 6.55. The maximum Gasteiger partial charge on any atom is 0 e. The van der Waals surface area contributed by atoms with E-state index in [1.54, 1.807) is 0 Å². The first-order valence-corrected chi connectivity index (χ1v) is 28.7. The Hall–Kier alpha value is -5.59. The van der Waals surface area contributed by atoms with E-state index >= 15 is 0 Å². The van der Waals surface area contributed by atoms with Gasteiger partial charge in [0, 0.05) is 31.2 Å². The fourth-order valence-corrected chi connectivity index (χ4v) is 10.6. The second-order valence-electron chi connectivity index (χ2n) is 17.8. The molecule has 0 bridgehead atoms. The fourth-order valence-electron chi connectivity index (χ4n) is 8.41. The quantitative estimate of drug-likeness (QED) is 0.118. The van der Waals surface area contributed by atoms with Crippen molar-refractivity contribution >= 4 is 61.4 Å². The summed E-state index contributed by atoms with van der Waals surface area (Å²) in [6.07, 6.45) is 2.06. The number of hydrogen-bond acceptors (Lipinski definition) is 3. The second-order valence-corrected chi connectivity index (χ2v) is 28.4. The predicted octanol–water partition coefficient (Wildman–Crippen LogP) is 14.9. The molecule has 6 heteroatoms. The van der Waals surface area contributed by atoms with Gasteiger partial charge in [-0.3, -0.25) is 4.98 Å². The predicted molar refractivity (Wildman–Crippen MR) is 260 cm³/mol. The number of aryl methyl sites for hydroxylation is 1. The normalized spacial score (nSPS) is 11.7. The summed E-state index contributed by atoms with van der Waals surface area (Å²) in [6.45, 7) is 11.2. The molecular formula is C56H51GeIrN3O-2. The molecule has 10 rings (SSSR count). The number of imidazole rings is 1. The van der Waals surface area contributed by atoms with E-state index in [-0.39, 0.29) is 20.1 Å². The largest absolute Gasteiger partial charge is 0 e. The zero-order valence-corrected chi connectivity index (χ0v) is 41.2. The Bertz CT molecular complexity index is 3160. The first-order chi connectivity index (χ1) is 29.5. The van der Waals surface area contributed by atoms with Crippen molar-refractivity contribution in [2.24, 2.45) is 0 Å². The Morgan fingerprint density at radius 2 is 1.31 bits per heavy atom. The summed E-state index contributed by atoms with van der Waals surface area (Å²) in [7, 11) is 0. The number of para-hydroxylation sites is 2. The summed E-state index contributed by atoms with van der Waals surface area (Å²) < 4.78 is 10.4. The van der Waals surface area contributed by atoms with E-state index in [1.807, 2.05) is 12.1 Å². The Morgan fingerprint density at radius 1 is 0.629 bits per heavy atom. The number of aromatic nitrogens is 3. The van der Waals surface area contributed by atoms with Gasteiger partial charge < -0.3 is 8.98 Å². The van der Waals surface area contributed by atoms with Gasteiger partial charge in [-0.25, -0.2) is 0 Å². The Labute approximate surface area is 381 Å². The van der Waals surface area contributed by atoms with Crippen molar-refractivity contribution in [2.45, 2.75) is 63.7 Å². The van der Waals surface area contributed by atoms with Crippen molar-refractivity contribution < 1.29 is 24.5 Å². The number of rotatable bonds is 7. The molecule has 0 aliphatic heterocycles.